The zero-order valence-corrected chi connectivity index (χ0v) is 9.32. The molecule has 1 unspecified atom stereocenters. The number of nitrogens with one attached hydrogen (secondary N) is 1. The van der Waals surface area contributed by atoms with Crippen molar-refractivity contribution in [2.24, 2.45) is 0 Å². The highest BCUT2D eigenvalue weighted by atomic mass is 19.1. The summed E-state index contributed by atoms with van der Waals surface area (Å²) in [5.74, 6) is 1.64. The largest absolute Gasteiger partial charge is 0.441 e. The maximum Gasteiger partial charge on any atom is 0.226 e. The second kappa shape index (κ2) is 4.30. The molecule has 1 saturated heterocycles. The molecule has 0 aliphatic carbocycles. The molecule has 1 N–H and O–H groups in total. The van der Waals surface area contributed by atoms with E-state index in [1.165, 1.54) is 12.1 Å². The van der Waals surface area contributed by atoms with Gasteiger partial charge in [0.25, 0.3) is 0 Å². The number of aromatic nitrogens is 1. The van der Waals surface area contributed by atoms with Crippen molar-refractivity contribution < 1.29 is 8.81 Å². The van der Waals surface area contributed by atoms with Gasteiger partial charge in [-0.25, -0.2) is 9.37 Å². The summed E-state index contributed by atoms with van der Waals surface area (Å²) in [6, 6.07) is 6.18. The monoisotopic (exact) mass is 232 g/mol. The van der Waals surface area contributed by atoms with E-state index in [9.17, 15) is 4.39 Å². The summed E-state index contributed by atoms with van der Waals surface area (Å²) >= 11 is 0. The Labute approximate surface area is 98.7 Å². The first-order valence-electron chi connectivity index (χ1n) is 5.75. The number of rotatable bonds is 2. The summed E-state index contributed by atoms with van der Waals surface area (Å²) in [4.78, 5) is 4.24. The molecule has 1 aliphatic rings. The summed E-state index contributed by atoms with van der Waals surface area (Å²) in [6.07, 6.45) is 2.86. The van der Waals surface area contributed by atoms with Gasteiger partial charge < -0.3 is 9.73 Å². The molecule has 1 aromatic carbocycles. The number of hydrogen-bond acceptors (Lipinski definition) is 3. The zero-order chi connectivity index (χ0) is 11.7. The summed E-state index contributed by atoms with van der Waals surface area (Å²) in [7, 11) is 0. The van der Waals surface area contributed by atoms with Gasteiger partial charge in [-0.15, -0.1) is 0 Å². The number of halogens is 1. The lowest BCUT2D eigenvalue weighted by atomic mass is 10.1. The van der Waals surface area contributed by atoms with E-state index >= 15 is 0 Å². The minimum atomic E-state index is -0.250. The lowest BCUT2D eigenvalue weighted by molar-refractivity contribution is 0.481. The van der Waals surface area contributed by atoms with Gasteiger partial charge in [-0.1, -0.05) is 0 Å². The van der Waals surface area contributed by atoms with E-state index in [4.69, 9.17) is 4.42 Å². The first-order valence-corrected chi connectivity index (χ1v) is 5.75. The van der Waals surface area contributed by atoms with E-state index in [1.807, 2.05) is 0 Å². The van der Waals surface area contributed by atoms with E-state index in [0.29, 0.717) is 11.8 Å². The van der Waals surface area contributed by atoms with Crippen LogP contribution in [-0.4, -0.2) is 18.1 Å². The van der Waals surface area contributed by atoms with Crippen molar-refractivity contribution in [3.05, 3.63) is 42.0 Å². The molecule has 0 radical (unpaired) electrons. The van der Waals surface area contributed by atoms with Crippen LogP contribution < -0.4 is 5.32 Å². The van der Waals surface area contributed by atoms with Crippen molar-refractivity contribution in [2.45, 2.75) is 12.3 Å². The Morgan fingerprint density at radius 1 is 1.29 bits per heavy atom. The number of hydrogen-bond donors (Lipinski definition) is 1. The average molecular weight is 232 g/mol. The maximum absolute atomic E-state index is 12.8. The van der Waals surface area contributed by atoms with Crippen LogP contribution in [0.1, 0.15) is 18.1 Å². The van der Waals surface area contributed by atoms with Crippen LogP contribution in [0.15, 0.2) is 34.9 Å². The normalized spacial score (nSPS) is 19.7. The molecule has 0 saturated carbocycles. The van der Waals surface area contributed by atoms with Crippen molar-refractivity contribution in [1.82, 2.24) is 10.3 Å². The van der Waals surface area contributed by atoms with E-state index < -0.39 is 0 Å². The average Bonchev–Trinajstić information content (AvgIpc) is 3.00. The molecule has 0 bridgehead atoms. The second-order valence-corrected chi connectivity index (χ2v) is 4.26. The van der Waals surface area contributed by atoms with Crippen LogP contribution >= 0.6 is 0 Å². The first kappa shape index (κ1) is 10.5. The van der Waals surface area contributed by atoms with Gasteiger partial charge in [0, 0.05) is 18.0 Å². The predicted octanol–water partition coefficient (Wildman–Crippen LogP) is 2.56. The molecule has 1 fully saturated rings. The highest BCUT2D eigenvalue weighted by Crippen LogP contribution is 2.27. The zero-order valence-electron chi connectivity index (χ0n) is 9.32. The van der Waals surface area contributed by atoms with Crippen LogP contribution in [0.3, 0.4) is 0 Å². The van der Waals surface area contributed by atoms with Gasteiger partial charge in [0.15, 0.2) is 0 Å². The fourth-order valence-corrected chi connectivity index (χ4v) is 2.10. The van der Waals surface area contributed by atoms with E-state index in [2.05, 4.69) is 10.3 Å². The third-order valence-corrected chi connectivity index (χ3v) is 3.08. The van der Waals surface area contributed by atoms with Crippen LogP contribution in [0.5, 0.6) is 0 Å². The Morgan fingerprint density at radius 3 is 2.82 bits per heavy atom. The van der Waals surface area contributed by atoms with Crippen LogP contribution in [0.2, 0.25) is 0 Å². The molecule has 88 valence electrons. The lowest BCUT2D eigenvalue weighted by Gasteiger charge is -2.01. The molecular weight excluding hydrogens is 219 g/mol. The molecule has 4 heteroatoms. The Kier molecular flexibility index (Phi) is 2.65. The SMILES string of the molecule is Fc1ccc(-c2ncc(C3CCNC3)o2)cc1. The van der Waals surface area contributed by atoms with Gasteiger partial charge in [-0.05, 0) is 37.2 Å². The van der Waals surface area contributed by atoms with E-state index in [-0.39, 0.29) is 5.82 Å². The van der Waals surface area contributed by atoms with Crippen LogP contribution in [0.25, 0.3) is 11.5 Å². The second-order valence-electron chi connectivity index (χ2n) is 4.26. The van der Waals surface area contributed by atoms with E-state index in [0.717, 1.165) is 30.8 Å². The van der Waals surface area contributed by atoms with Crippen LogP contribution in [0.4, 0.5) is 4.39 Å². The standard InChI is InChI=1S/C13H13FN2O/c14-11-3-1-9(2-4-11)13-16-8-12(17-13)10-5-6-15-7-10/h1-4,8,10,15H,5-7H2. The smallest absolute Gasteiger partial charge is 0.226 e. The van der Waals surface area contributed by atoms with Crippen molar-refractivity contribution in [3.63, 3.8) is 0 Å². The third kappa shape index (κ3) is 2.08. The molecule has 2 heterocycles. The topological polar surface area (TPSA) is 38.1 Å². The molecular formula is C13H13FN2O. The Hall–Kier alpha value is -1.68. The van der Waals surface area contributed by atoms with Crippen molar-refractivity contribution in [3.8, 4) is 11.5 Å². The third-order valence-electron chi connectivity index (χ3n) is 3.08. The van der Waals surface area contributed by atoms with Crippen molar-refractivity contribution >= 4 is 0 Å². The molecule has 0 amide bonds. The van der Waals surface area contributed by atoms with Gasteiger partial charge in [-0.2, -0.15) is 0 Å². The Morgan fingerprint density at radius 2 is 2.12 bits per heavy atom. The maximum atomic E-state index is 12.8. The predicted molar refractivity (Wildman–Crippen MR) is 62.1 cm³/mol. The first-order chi connectivity index (χ1) is 8.33. The minimum absolute atomic E-state index is 0.250. The van der Waals surface area contributed by atoms with Gasteiger partial charge in [0.2, 0.25) is 5.89 Å². The molecule has 1 aliphatic heterocycles. The number of oxazole rings is 1. The van der Waals surface area contributed by atoms with Crippen LogP contribution in [-0.2, 0) is 0 Å². The molecule has 17 heavy (non-hydrogen) atoms. The van der Waals surface area contributed by atoms with Crippen LogP contribution in [0, 0.1) is 5.82 Å². The fourth-order valence-electron chi connectivity index (χ4n) is 2.10. The highest BCUT2D eigenvalue weighted by Gasteiger charge is 2.20. The Balaban J connectivity index is 1.86. The summed E-state index contributed by atoms with van der Waals surface area (Å²) in [5.41, 5.74) is 0.809. The fraction of sp³-hybridized carbons (Fsp3) is 0.308. The van der Waals surface area contributed by atoms with Gasteiger partial charge >= 0.3 is 0 Å². The van der Waals surface area contributed by atoms with Gasteiger partial charge in [0.1, 0.15) is 11.6 Å². The Bertz CT molecular complexity index is 500. The minimum Gasteiger partial charge on any atom is -0.441 e. The lowest BCUT2D eigenvalue weighted by Crippen LogP contribution is -2.07. The number of nitrogens with zero attached hydrogens (tertiary/aromatic N) is 1. The quantitative estimate of drug-likeness (QED) is 0.864. The molecule has 3 rings (SSSR count). The van der Waals surface area contributed by atoms with Gasteiger partial charge in [0.05, 0.1) is 6.20 Å². The molecule has 0 spiro atoms. The molecule has 1 aromatic heterocycles. The molecule has 2 aromatic rings. The number of benzene rings is 1. The molecule has 1 atom stereocenters. The summed E-state index contributed by atoms with van der Waals surface area (Å²) in [5, 5.41) is 3.29. The van der Waals surface area contributed by atoms with Crippen molar-refractivity contribution in [2.75, 3.05) is 13.1 Å². The van der Waals surface area contributed by atoms with E-state index in [1.54, 1.807) is 18.3 Å². The van der Waals surface area contributed by atoms with Gasteiger partial charge in [-0.3, -0.25) is 0 Å². The summed E-state index contributed by atoms with van der Waals surface area (Å²) in [6.45, 7) is 1.97. The molecule has 3 nitrogen and oxygen atoms in total. The highest BCUT2D eigenvalue weighted by molar-refractivity contribution is 5.52. The van der Waals surface area contributed by atoms with Crippen molar-refractivity contribution in [1.29, 1.82) is 0 Å². The summed E-state index contributed by atoms with van der Waals surface area (Å²) < 4.78 is 18.5.